The van der Waals surface area contributed by atoms with Crippen molar-refractivity contribution in [2.75, 3.05) is 37.8 Å². The van der Waals surface area contributed by atoms with Gasteiger partial charge in [-0.3, -0.25) is 32.6 Å². The van der Waals surface area contributed by atoms with E-state index in [0.29, 0.717) is 11.3 Å². The van der Waals surface area contributed by atoms with Gasteiger partial charge in [0.2, 0.25) is 16.9 Å². The number of hydrogen-bond donors (Lipinski definition) is 6. The molecule has 1 aromatic carbocycles. The van der Waals surface area contributed by atoms with Gasteiger partial charge in [-0.15, -0.1) is 0 Å². The summed E-state index contributed by atoms with van der Waals surface area (Å²) in [6.45, 7) is 0.0993. The van der Waals surface area contributed by atoms with Crippen LogP contribution in [0.2, 0.25) is 0 Å². The van der Waals surface area contributed by atoms with Crippen molar-refractivity contribution in [2.24, 2.45) is 5.41 Å². The van der Waals surface area contributed by atoms with E-state index in [0.717, 1.165) is 29.0 Å². The topological polar surface area (TPSA) is 372 Å². The maximum absolute atomic E-state index is 12.5. The van der Waals surface area contributed by atoms with Crippen LogP contribution in [0.3, 0.4) is 0 Å². The van der Waals surface area contributed by atoms with E-state index in [1.807, 2.05) is 0 Å². The van der Waals surface area contributed by atoms with Crippen LogP contribution in [0.25, 0.3) is 11.2 Å². The van der Waals surface area contributed by atoms with E-state index in [1.165, 1.54) is 13.8 Å². The maximum Gasteiger partial charge on any atom is 1.00 e. The Morgan fingerprint density at radius 2 is 1.66 bits per heavy atom. The summed E-state index contributed by atoms with van der Waals surface area (Å²) < 4.78 is 60.8. The molecule has 1 fully saturated rings. The molecule has 31 heteroatoms. The Morgan fingerprint density at radius 3 is 2.31 bits per heavy atom. The number of rotatable bonds is 20. The van der Waals surface area contributed by atoms with Gasteiger partial charge in [0.05, 0.1) is 19.5 Å². The first-order valence-electron chi connectivity index (χ1n) is 16.1. The van der Waals surface area contributed by atoms with Crippen LogP contribution in [-0.2, 0) is 45.9 Å². The fourth-order valence-corrected chi connectivity index (χ4v) is 8.35. The molecule has 3 heterocycles. The van der Waals surface area contributed by atoms with Gasteiger partial charge in [-0.05, 0) is 0 Å². The molecule has 3 aromatic rings. The number of aliphatic hydroxyl groups is 2. The van der Waals surface area contributed by atoms with Gasteiger partial charge in [-0.1, -0.05) is 55.9 Å². The van der Waals surface area contributed by atoms with Crippen molar-refractivity contribution in [3.8, 4) is 0 Å². The van der Waals surface area contributed by atoms with E-state index >= 15 is 0 Å². The molecule has 8 atom stereocenters. The van der Waals surface area contributed by atoms with Gasteiger partial charge >= 0.3 is 56.6 Å². The first-order valence-corrected chi connectivity index (χ1v) is 21.6. The summed E-state index contributed by atoms with van der Waals surface area (Å²) in [4.78, 5) is 94.2. The summed E-state index contributed by atoms with van der Waals surface area (Å²) in [5.74, 6) is -1.26. The van der Waals surface area contributed by atoms with E-state index in [4.69, 9.17) is 10.5 Å². The first kappa shape index (κ1) is 55.6. The number of phosphoric ester groups is 3. The number of amides is 2. The average molecular weight is 889 g/mol. The van der Waals surface area contributed by atoms with Crippen LogP contribution < -0.4 is 87.6 Å². The van der Waals surface area contributed by atoms with Gasteiger partial charge in [-0.25, -0.2) is 19.3 Å². The number of benzene rings is 1. The summed E-state index contributed by atoms with van der Waals surface area (Å²) in [7, 11) is -17.3. The van der Waals surface area contributed by atoms with Crippen LogP contribution in [0.1, 0.15) is 36.9 Å². The van der Waals surface area contributed by atoms with Crippen molar-refractivity contribution in [2.45, 2.75) is 50.9 Å². The molecule has 59 heavy (non-hydrogen) atoms. The Bertz CT molecular complexity index is 2020. The molecule has 0 bridgehead atoms. The van der Waals surface area contributed by atoms with Crippen molar-refractivity contribution in [1.82, 2.24) is 30.2 Å². The Balaban J connectivity index is 0.00000580. The Hall–Kier alpha value is -1.43. The summed E-state index contributed by atoms with van der Waals surface area (Å²) in [5.41, 5.74) is 4.62. The molecular formula is C28H37Li3N7O17P3S. The van der Waals surface area contributed by atoms with Gasteiger partial charge in [0, 0.05) is 36.2 Å². The Morgan fingerprint density at radius 1 is 1.02 bits per heavy atom. The predicted molar refractivity (Wildman–Crippen MR) is 186 cm³/mol. The van der Waals surface area contributed by atoms with E-state index in [9.17, 15) is 57.9 Å². The van der Waals surface area contributed by atoms with Crippen LogP contribution in [0.15, 0.2) is 43.0 Å². The van der Waals surface area contributed by atoms with Gasteiger partial charge in [0.1, 0.15) is 36.3 Å². The van der Waals surface area contributed by atoms with Gasteiger partial charge in [0.25, 0.3) is 23.5 Å². The average Bonchev–Trinajstić information content (AvgIpc) is 3.68. The van der Waals surface area contributed by atoms with Crippen LogP contribution in [-0.4, -0.2) is 108 Å². The second kappa shape index (κ2) is 23.9. The van der Waals surface area contributed by atoms with Gasteiger partial charge in [-0.2, -0.15) is 0 Å². The molecular weight excluding hydrogens is 852 g/mol. The van der Waals surface area contributed by atoms with Gasteiger partial charge in [0.15, 0.2) is 17.7 Å². The molecule has 24 nitrogen and oxygen atoms in total. The number of nitrogens with two attached hydrogens (primary N) is 1. The zero-order valence-corrected chi connectivity index (χ0v) is 35.8. The summed E-state index contributed by atoms with van der Waals surface area (Å²) in [6.07, 6.45) is -7.41. The number of fused-ring (bicyclic) bond motifs is 1. The third kappa shape index (κ3) is 16.7. The number of hydrogen-bond acceptors (Lipinski definition) is 21. The van der Waals surface area contributed by atoms with Crippen molar-refractivity contribution >= 4 is 69.1 Å². The molecule has 1 saturated heterocycles. The Labute approximate surface area is 376 Å². The Kier molecular flexibility index (Phi) is 22.5. The monoisotopic (exact) mass is 889 g/mol. The second-order valence-electron chi connectivity index (χ2n) is 12.5. The number of nitrogens with zero attached hydrogens (tertiary/aromatic N) is 4. The quantitative estimate of drug-likeness (QED) is 0.0348. The molecule has 7 N–H and O–H groups in total. The molecule has 0 saturated carbocycles. The van der Waals surface area contributed by atoms with Gasteiger partial charge < -0.3 is 64.5 Å². The molecule has 3 unspecified atom stereocenters. The molecule has 310 valence electrons. The van der Waals surface area contributed by atoms with Crippen molar-refractivity contribution in [3.05, 3.63) is 48.5 Å². The standard InChI is InChI=1S/C28H40N7O17P3S.3Li/c1-28(2,22(38)25(39)31-9-8-18(36)30-10-11-56-27(40)16-6-4-3-5-7-16)13-49-55(46,47)52-54(44,45)48-12-17-21(51-53(41,42)43)20(37)26(50-17)35-15-34-19-23(29)32-14-33-24(19)35;;;/h3-7,14-15,17,20-22,26,37-38H,8-13H2,1-2H3,(H,30,36)(H,31,39)(H,44,45)(H,46,47)(H2,29,32,33)(H2,41,42,43);;;/q;3*+1/p-3/t17-,20-,21-,22+,26-;;;/m1.../s1. The van der Waals surface area contributed by atoms with Crippen LogP contribution >= 0.6 is 35.2 Å². The maximum atomic E-state index is 12.5. The number of carbonyl (C=O) groups is 3. The fraction of sp³-hybridized carbons (Fsp3) is 0.500. The van der Waals surface area contributed by atoms with E-state index in [1.54, 1.807) is 30.3 Å². The van der Waals surface area contributed by atoms with Crippen molar-refractivity contribution in [1.29, 1.82) is 0 Å². The molecule has 1 aliphatic rings. The minimum absolute atomic E-state index is 0. The fourth-order valence-electron chi connectivity index (χ4n) is 4.91. The number of anilines is 1. The SMILES string of the molecule is CC(C)(COP(=O)([O-])OP(=O)([O-])OC[C@H]1O[C@@H](n2cnc3c(N)ncnc32)[C@H](O)[C@@H]1OP(=O)([O-])O)[C@@H](O)C(=O)NCCC(=O)NCCSC(=O)c1ccccc1.[Li+].[Li+].[Li+]. The summed E-state index contributed by atoms with van der Waals surface area (Å²) >= 11 is 1.01. The summed E-state index contributed by atoms with van der Waals surface area (Å²) in [5, 5.41) is 26.1. The number of imidazole rings is 1. The smallest absolute Gasteiger partial charge is 0.756 e. The summed E-state index contributed by atoms with van der Waals surface area (Å²) in [6, 6.07) is 8.55. The number of carbonyl (C=O) groups excluding carboxylic acids is 3. The second-order valence-corrected chi connectivity index (χ2v) is 17.7. The number of phosphoric acid groups is 3. The van der Waals surface area contributed by atoms with Crippen molar-refractivity contribution < 1.29 is 137 Å². The van der Waals surface area contributed by atoms with E-state index in [-0.39, 0.29) is 98.2 Å². The van der Waals surface area contributed by atoms with Crippen LogP contribution in [0.4, 0.5) is 5.82 Å². The number of aromatic nitrogens is 4. The molecule has 0 radical (unpaired) electrons. The largest absolute Gasteiger partial charge is 1.00 e. The molecule has 2 amide bonds. The minimum Gasteiger partial charge on any atom is -0.756 e. The number of aliphatic hydroxyl groups excluding tert-OH is 2. The molecule has 0 spiro atoms. The van der Waals surface area contributed by atoms with Crippen LogP contribution in [0, 0.1) is 5.41 Å². The molecule has 1 aliphatic heterocycles. The number of ether oxygens (including phenoxy) is 1. The zero-order chi connectivity index (χ0) is 41.5. The third-order valence-electron chi connectivity index (χ3n) is 7.72. The van der Waals surface area contributed by atoms with Crippen molar-refractivity contribution in [3.63, 3.8) is 0 Å². The normalized spacial score (nSPS) is 21.3. The molecule has 0 aliphatic carbocycles. The number of thioether (sulfide) groups is 1. The number of nitrogens with one attached hydrogen (secondary N) is 2. The van der Waals surface area contributed by atoms with Crippen LogP contribution in [0.5, 0.6) is 0 Å². The van der Waals surface area contributed by atoms with E-state index in [2.05, 4.69) is 43.5 Å². The van der Waals surface area contributed by atoms with E-state index < -0.39 is 84.6 Å². The minimum atomic E-state index is -5.90. The first-order chi connectivity index (χ1) is 26.1. The molecule has 2 aromatic heterocycles. The zero-order valence-electron chi connectivity index (χ0n) is 32.3. The predicted octanol–water partition coefficient (Wildman–Crippen LogP) is -10.9. The molecule has 4 rings (SSSR count). The number of nitrogen functional groups attached to an aromatic ring is 1. The third-order valence-corrected chi connectivity index (χ3v) is 11.7.